The summed E-state index contributed by atoms with van der Waals surface area (Å²) in [6.07, 6.45) is 23.4. The molecule has 53 heavy (non-hydrogen) atoms. The van der Waals surface area contributed by atoms with E-state index in [9.17, 15) is 4.79 Å². The van der Waals surface area contributed by atoms with Crippen LogP contribution in [-0.4, -0.2) is 60.5 Å². The van der Waals surface area contributed by atoms with Crippen molar-refractivity contribution in [3.05, 3.63) is 70.1 Å². The maximum atomic E-state index is 15.1. The first-order valence-corrected chi connectivity index (χ1v) is 21.7. The SMILES string of the molecule is CCC[C@@H]1[C@@]2(OC(=O)c3c(CCCN)cccc32)[C@@]23CCC4=C[C@@]12C(=O)O/C3=C\C[C@@H](C1CCCCC1)N1C[C@@H]2C[C@@H](CN(C2)C2=CC[C@H](C)C[C@H]42)C1. The average molecular weight is 720 g/mol. The Morgan fingerprint density at radius 2 is 1.79 bits per heavy atom. The number of nitrogens with zero attached hydrogens (tertiary/aromatic N) is 2. The predicted octanol–water partition coefficient (Wildman–Crippen LogP) is 8.04. The monoisotopic (exact) mass is 719 g/mol. The molecule has 2 saturated carbocycles. The number of benzene rings is 1. The first kappa shape index (κ1) is 34.6. The molecule has 8 heterocycles. The number of rotatable bonds is 6. The van der Waals surface area contributed by atoms with Crippen LogP contribution < -0.4 is 5.73 Å². The molecule has 5 fully saturated rings. The zero-order valence-corrected chi connectivity index (χ0v) is 32.3. The van der Waals surface area contributed by atoms with Crippen LogP contribution in [0.1, 0.15) is 125 Å². The summed E-state index contributed by atoms with van der Waals surface area (Å²) in [7, 11) is 0. The average Bonchev–Trinajstić information content (AvgIpc) is 3.61. The van der Waals surface area contributed by atoms with E-state index in [-0.39, 0.29) is 17.9 Å². The molecular weight excluding hydrogens is 659 g/mol. The van der Waals surface area contributed by atoms with Crippen LogP contribution in [0.4, 0.5) is 0 Å². The Bertz CT molecular complexity index is 1760. The summed E-state index contributed by atoms with van der Waals surface area (Å²) in [4.78, 5) is 35.2. The maximum Gasteiger partial charge on any atom is 0.339 e. The molecule has 1 aromatic carbocycles. The van der Waals surface area contributed by atoms with E-state index in [4.69, 9.17) is 15.2 Å². The van der Waals surface area contributed by atoms with Gasteiger partial charge in [-0.05, 0) is 112 Å². The standard InChI is InChI=1S/C46H61N3O4/c1-3-9-39-44-24-34-19-20-45(44,46(39)36-14-7-12-33(13-8-21-47)41(36)42(50)53-46)40(52-43(44)51)18-17-37(32-10-5-4-6-11-32)48-25-30-23-31(26-48)28-49(27-30)38-16-15-29(2)22-35(34)38/h7,12,14,16,18,24,29-32,35,37,39H,3-6,8-11,13,15,17,19-23,25-28,47H2,1-2H3/b40-18-/t29-,30-,31+,35+,37-,39-,44-,45+,46+/m0/s1. The molecule has 0 radical (unpaired) electrons. The third kappa shape index (κ3) is 4.71. The van der Waals surface area contributed by atoms with Crippen molar-refractivity contribution < 1.29 is 19.1 Å². The van der Waals surface area contributed by atoms with Gasteiger partial charge in [-0.3, -0.25) is 9.69 Å². The Kier molecular flexibility index (Phi) is 8.37. The highest BCUT2D eigenvalue weighted by molar-refractivity contribution is 5.99. The fraction of sp³-hybridized carbons (Fsp3) is 0.696. The molecule has 1 unspecified atom stereocenters. The highest BCUT2D eigenvalue weighted by Crippen LogP contribution is 2.84. The molecule has 0 amide bonds. The van der Waals surface area contributed by atoms with Crippen molar-refractivity contribution in [2.24, 2.45) is 52.1 Å². The van der Waals surface area contributed by atoms with Gasteiger partial charge in [-0.15, -0.1) is 0 Å². The summed E-state index contributed by atoms with van der Waals surface area (Å²) in [5.74, 6) is 3.27. The van der Waals surface area contributed by atoms with Crippen LogP contribution >= 0.6 is 0 Å². The van der Waals surface area contributed by atoms with Crippen LogP contribution in [0.25, 0.3) is 0 Å². The largest absolute Gasteiger partial charge is 0.449 e. The summed E-state index contributed by atoms with van der Waals surface area (Å²) in [5.41, 5.74) is 9.16. The molecule has 284 valence electrons. The van der Waals surface area contributed by atoms with E-state index in [1.54, 1.807) is 0 Å². The van der Waals surface area contributed by atoms with E-state index in [2.05, 4.69) is 60.1 Å². The summed E-state index contributed by atoms with van der Waals surface area (Å²) in [5, 5.41) is 0. The lowest BCUT2D eigenvalue weighted by Crippen LogP contribution is -2.75. The molecule has 10 atom stereocenters. The van der Waals surface area contributed by atoms with Crippen molar-refractivity contribution in [2.45, 2.75) is 122 Å². The molecule has 13 rings (SSSR count). The molecule has 1 aromatic rings. The van der Waals surface area contributed by atoms with Crippen molar-refractivity contribution in [1.29, 1.82) is 0 Å². The zero-order valence-electron chi connectivity index (χ0n) is 32.3. The molecule has 0 aromatic heterocycles. The quantitative estimate of drug-likeness (QED) is 0.235. The number of aryl methyl sites for hydroxylation is 1. The molecule has 8 aliphatic heterocycles. The van der Waals surface area contributed by atoms with Crippen LogP contribution in [0, 0.1) is 46.3 Å². The van der Waals surface area contributed by atoms with Gasteiger partial charge in [-0.1, -0.05) is 75.5 Å². The third-order valence-electron chi connectivity index (χ3n) is 16.1. The van der Waals surface area contributed by atoms with E-state index >= 15 is 4.79 Å². The summed E-state index contributed by atoms with van der Waals surface area (Å²) < 4.78 is 13.8. The van der Waals surface area contributed by atoms with Gasteiger partial charge >= 0.3 is 11.9 Å². The smallest absolute Gasteiger partial charge is 0.339 e. The number of allylic oxidation sites excluding steroid dienone is 2. The molecule has 7 nitrogen and oxygen atoms in total. The van der Waals surface area contributed by atoms with Crippen LogP contribution in [0.15, 0.2) is 53.5 Å². The van der Waals surface area contributed by atoms with Gasteiger partial charge in [0.05, 0.1) is 11.0 Å². The van der Waals surface area contributed by atoms with Crippen molar-refractivity contribution in [3.63, 3.8) is 0 Å². The Labute approximate surface area is 316 Å². The fourth-order valence-corrected chi connectivity index (χ4v) is 14.3. The molecular formula is C46H61N3O4. The van der Waals surface area contributed by atoms with Crippen LogP contribution in [0.3, 0.4) is 0 Å². The summed E-state index contributed by atoms with van der Waals surface area (Å²) in [6, 6.07) is 6.79. The lowest BCUT2D eigenvalue weighted by Gasteiger charge is -2.69. The van der Waals surface area contributed by atoms with Crippen LogP contribution in [-0.2, 0) is 26.3 Å². The summed E-state index contributed by atoms with van der Waals surface area (Å²) >= 11 is 0. The van der Waals surface area contributed by atoms with E-state index in [0.717, 1.165) is 93.3 Å². The second-order valence-corrected chi connectivity index (χ2v) is 18.9. The third-order valence-corrected chi connectivity index (χ3v) is 16.1. The molecule has 8 bridgehead atoms. The van der Waals surface area contributed by atoms with Crippen molar-refractivity contribution in [1.82, 2.24) is 9.80 Å². The predicted molar refractivity (Wildman–Crippen MR) is 205 cm³/mol. The normalized spacial score (nSPS) is 42.4. The van der Waals surface area contributed by atoms with E-state index < -0.39 is 16.4 Å². The molecule has 7 heteroatoms. The number of piperidine rings is 2. The van der Waals surface area contributed by atoms with Crippen molar-refractivity contribution in [3.8, 4) is 0 Å². The van der Waals surface area contributed by atoms with Crippen molar-refractivity contribution >= 4 is 11.9 Å². The van der Waals surface area contributed by atoms with E-state index in [1.807, 2.05) is 0 Å². The Morgan fingerprint density at radius 3 is 2.57 bits per heavy atom. The van der Waals surface area contributed by atoms with Gasteiger partial charge in [0, 0.05) is 55.3 Å². The fourth-order valence-electron chi connectivity index (χ4n) is 14.3. The van der Waals surface area contributed by atoms with Gasteiger partial charge < -0.3 is 20.1 Å². The number of hydrogen-bond donors (Lipinski definition) is 1. The van der Waals surface area contributed by atoms with E-state index in [1.165, 1.54) is 62.9 Å². The van der Waals surface area contributed by atoms with Gasteiger partial charge in [0.2, 0.25) is 0 Å². The molecule has 2 N–H and O–H groups in total. The van der Waals surface area contributed by atoms with Gasteiger partial charge in [0.15, 0.2) is 5.60 Å². The molecule has 3 saturated heterocycles. The van der Waals surface area contributed by atoms with Crippen LogP contribution in [0.5, 0.6) is 0 Å². The number of nitrogens with two attached hydrogens (primary N) is 1. The first-order chi connectivity index (χ1) is 25.8. The topological polar surface area (TPSA) is 85.1 Å². The lowest BCUT2D eigenvalue weighted by atomic mass is 9.31. The number of ether oxygens (including phenoxy) is 2. The summed E-state index contributed by atoms with van der Waals surface area (Å²) in [6.45, 7) is 9.85. The van der Waals surface area contributed by atoms with Crippen LogP contribution in [0.2, 0.25) is 0 Å². The minimum absolute atomic E-state index is 0.105. The highest BCUT2D eigenvalue weighted by Gasteiger charge is 2.91. The number of hydrogen-bond acceptors (Lipinski definition) is 7. The number of esters is 2. The van der Waals surface area contributed by atoms with E-state index in [0.29, 0.717) is 42.2 Å². The molecule has 12 aliphatic rings. The maximum absolute atomic E-state index is 15.1. The Balaban J connectivity index is 1.19. The molecule has 4 aliphatic carbocycles. The number of fused-ring (bicyclic) bond motifs is 2. The lowest BCUT2D eigenvalue weighted by molar-refractivity contribution is -0.271. The first-order valence-electron chi connectivity index (χ1n) is 21.7. The van der Waals surface area contributed by atoms with Gasteiger partial charge in [-0.2, -0.15) is 0 Å². The van der Waals surface area contributed by atoms with Gasteiger partial charge in [-0.25, -0.2) is 4.79 Å². The number of carbonyl (C=O) groups is 2. The second kappa shape index (κ2) is 12.8. The van der Waals surface area contributed by atoms with Gasteiger partial charge in [0.25, 0.3) is 0 Å². The minimum atomic E-state index is -0.928. The highest BCUT2D eigenvalue weighted by atomic mass is 16.6. The van der Waals surface area contributed by atoms with Gasteiger partial charge in [0.1, 0.15) is 11.2 Å². The number of carbonyl (C=O) groups excluding carboxylic acids is 2. The minimum Gasteiger partial charge on any atom is -0.449 e. The zero-order chi connectivity index (χ0) is 36.1. The Hall–Kier alpha value is -2.90. The molecule has 2 spiro atoms. The Morgan fingerprint density at radius 1 is 0.981 bits per heavy atom. The van der Waals surface area contributed by atoms with Crippen molar-refractivity contribution in [2.75, 3.05) is 32.7 Å². The second-order valence-electron chi connectivity index (χ2n) is 18.9.